The number of hydrogen-bond acceptors (Lipinski definition) is 6. The monoisotopic (exact) mass is 374 g/mol. The molecule has 3 heterocycles. The Morgan fingerprint density at radius 2 is 1.89 bits per heavy atom. The van der Waals surface area contributed by atoms with Crippen molar-refractivity contribution < 1.29 is 9.90 Å². The summed E-state index contributed by atoms with van der Waals surface area (Å²) in [4.78, 5) is 20.8. The Kier molecular flexibility index (Phi) is 3.89. The van der Waals surface area contributed by atoms with Gasteiger partial charge in [0.05, 0.1) is 16.9 Å². The molecule has 0 saturated heterocycles. The third kappa shape index (κ3) is 2.67. The van der Waals surface area contributed by atoms with Crippen molar-refractivity contribution in [2.24, 2.45) is 5.73 Å². The van der Waals surface area contributed by atoms with E-state index in [4.69, 9.17) is 17.2 Å². The lowest BCUT2D eigenvalue weighted by Gasteiger charge is -2.12. The van der Waals surface area contributed by atoms with E-state index in [0.717, 1.165) is 11.1 Å². The Hall–Kier alpha value is -4.07. The van der Waals surface area contributed by atoms with E-state index >= 15 is 0 Å². The number of amides is 1. The van der Waals surface area contributed by atoms with Gasteiger partial charge in [-0.15, -0.1) is 0 Å². The second-order valence-electron chi connectivity index (χ2n) is 6.47. The van der Waals surface area contributed by atoms with Crippen molar-refractivity contribution in [1.82, 2.24) is 14.5 Å². The van der Waals surface area contributed by atoms with E-state index in [-0.39, 0.29) is 17.1 Å². The fourth-order valence-electron chi connectivity index (χ4n) is 3.24. The number of carbonyl (C=O) groups is 1. The van der Waals surface area contributed by atoms with Gasteiger partial charge in [-0.1, -0.05) is 6.07 Å². The maximum absolute atomic E-state index is 12.1. The van der Waals surface area contributed by atoms with Crippen LogP contribution in [0.15, 0.2) is 48.7 Å². The topological polar surface area (TPSA) is 146 Å². The summed E-state index contributed by atoms with van der Waals surface area (Å²) >= 11 is 0. The highest BCUT2D eigenvalue weighted by Crippen LogP contribution is 2.34. The standard InChI is InChI=1S/C20H18N6O2/c1-10-2-4-12(27)8-15(10)26-14-6-5-13(11-3-7-16(21)24-9-11)25-18(14)17(19(26)22)20(23)28/h2-9,27H,22H2,1H3,(H2,21,24)(H2,23,28). The molecule has 0 radical (unpaired) electrons. The number of aromatic nitrogens is 3. The van der Waals surface area contributed by atoms with Crippen molar-refractivity contribution in [3.8, 4) is 22.7 Å². The summed E-state index contributed by atoms with van der Waals surface area (Å²) in [5, 5.41) is 9.91. The van der Waals surface area contributed by atoms with Crippen molar-refractivity contribution in [3.05, 3.63) is 59.8 Å². The first-order valence-electron chi connectivity index (χ1n) is 8.49. The Bertz CT molecular complexity index is 1230. The quantitative estimate of drug-likeness (QED) is 0.433. The van der Waals surface area contributed by atoms with Gasteiger partial charge < -0.3 is 22.3 Å². The zero-order chi connectivity index (χ0) is 20.0. The van der Waals surface area contributed by atoms with Crippen LogP contribution in [0.5, 0.6) is 5.75 Å². The van der Waals surface area contributed by atoms with E-state index in [1.54, 1.807) is 53.2 Å². The summed E-state index contributed by atoms with van der Waals surface area (Å²) in [6.45, 7) is 1.88. The number of nitrogen functional groups attached to an aromatic ring is 2. The SMILES string of the molecule is Cc1ccc(O)cc1-n1c(N)c(C(N)=O)c2nc(-c3ccc(N)nc3)ccc21. The van der Waals surface area contributed by atoms with Crippen LogP contribution in [0.3, 0.4) is 0 Å². The number of nitrogens with zero attached hydrogens (tertiary/aromatic N) is 3. The molecule has 140 valence electrons. The Balaban J connectivity index is 2.03. The fourth-order valence-corrected chi connectivity index (χ4v) is 3.24. The molecule has 8 heteroatoms. The largest absolute Gasteiger partial charge is 0.508 e. The van der Waals surface area contributed by atoms with E-state index in [1.807, 2.05) is 6.92 Å². The first-order chi connectivity index (χ1) is 13.4. The molecule has 7 N–H and O–H groups in total. The van der Waals surface area contributed by atoms with Crippen molar-refractivity contribution in [1.29, 1.82) is 0 Å². The highest BCUT2D eigenvalue weighted by Gasteiger charge is 2.23. The molecule has 0 bridgehead atoms. The lowest BCUT2D eigenvalue weighted by molar-refractivity contribution is 0.100. The van der Waals surface area contributed by atoms with Gasteiger partial charge in [0.2, 0.25) is 0 Å². The number of anilines is 2. The van der Waals surface area contributed by atoms with Crippen molar-refractivity contribution in [2.45, 2.75) is 6.92 Å². The number of phenolic OH excluding ortho intramolecular Hbond substituents is 1. The zero-order valence-corrected chi connectivity index (χ0v) is 15.0. The van der Waals surface area contributed by atoms with E-state index < -0.39 is 5.91 Å². The van der Waals surface area contributed by atoms with Gasteiger partial charge in [-0.25, -0.2) is 9.97 Å². The predicted octanol–water partition coefficient (Wildman–Crippen LogP) is 2.36. The van der Waals surface area contributed by atoms with E-state index in [2.05, 4.69) is 9.97 Å². The average Bonchev–Trinajstić information content (AvgIpc) is 2.95. The van der Waals surface area contributed by atoms with Gasteiger partial charge in [-0.05, 0) is 42.8 Å². The maximum Gasteiger partial charge on any atom is 0.254 e. The maximum atomic E-state index is 12.1. The molecule has 0 aliphatic rings. The number of hydrogen-bond donors (Lipinski definition) is 4. The lowest BCUT2D eigenvalue weighted by Crippen LogP contribution is -2.14. The molecule has 4 aromatic rings. The smallest absolute Gasteiger partial charge is 0.254 e. The number of fused-ring (bicyclic) bond motifs is 1. The second kappa shape index (κ2) is 6.27. The number of carbonyl (C=O) groups excluding carboxylic acids is 1. The first kappa shape index (κ1) is 17.3. The van der Waals surface area contributed by atoms with Gasteiger partial charge in [-0.3, -0.25) is 9.36 Å². The van der Waals surface area contributed by atoms with Crippen LogP contribution in [0.4, 0.5) is 11.6 Å². The molecule has 28 heavy (non-hydrogen) atoms. The molecule has 0 aliphatic heterocycles. The summed E-state index contributed by atoms with van der Waals surface area (Å²) in [6.07, 6.45) is 1.60. The van der Waals surface area contributed by atoms with Gasteiger partial charge in [0.25, 0.3) is 5.91 Å². The minimum Gasteiger partial charge on any atom is -0.508 e. The van der Waals surface area contributed by atoms with Crippen LogP contribution in [0.2, 0.25) is 0 Å². The van der Waals surface area contributed by atoms with Crippen molar-refractivity contribution in [3.63, 3.8) is 0 Å². The van der Waals surface area contributed by atoms with Crippen LogP contribution >= 0.6 is 0 Å². The number of primary amides is 1. The molecule has 0 aliphatic carbocycles. The molecule has 0 atom stereocenters. The first-order valence-corrected chi connectivity index (χ1v) is 8.49. The molecule has 8 nitrogen and oxygen atoms in total. The zero-order valence-electron chi connectivity index (χ0n) is 15.0. The van der Waals surface area contributed by atoms with Gasteiger partial charge in [-0.2, -0.15) is 0 Å². The van der Waals surface area contributed by atoms with Gasteiger partial charge in [0, 0.05) is 17.8 Å². The Morgan fingerprint density at radius 1 is 1.11 bits per heavy atom. The molecule has 3 aromatic heterocycles. The lowest BCUT2D eigenvalue weighted by atomic mass is 10.1. The highest BCUT2D eigenvalue weighted by atomic mass is 16.3. The number of phenols is 1. The van der Waals surface area contributed by atoms with E-state index in [1.165, 1.54) is 0 Å². The van der Waals surface area contributed by atoms with Crippen molar-refractivity contribution >= 4 is 28.6 Å². The predicted molar refractivity (Wildman–Crippen MR) is 108 cm³/mol. The van der Waals surface area contributed by atoms with E-state index in [0.29, 0.717) is 28.2 Å². The summed E-state index contributed by atoms with van der Waals surface area (Å²) in [6, 6.07) is 12.0. The Morgan fingerprint density at radius 3 is 2.57 bits per heavy atom. The molecule has 0 spiro atoms. The average molecular weight is 374 g/mol. The molecular formula is C20H18N6O2. The molecule has 1 aromatic carbocycles. The fraction of sp³-hybridized carbons (Fsp3) is 0.0500. The normalized spacial score (nSPS) is 11.0. The third-order valence-corrected chi connectivity index (χ3v) is 4.61. The molecule has 0 fully saturated rings. The molecular weight excluding hydrogens is 356 g/mol. The van der Waals surface area contributed by atoms with E-state index in [9.17, 15) is 9.90 Å². The number of benzene rings is 1. The summed E-state index contributed by atoms with van der Waals surface area (Å²) in [5.41, 5.74) is 21.5. The third-order valence-electron chi connectivity index (χ3n) is 4.61. The number of rotatable bonds is 3. The van der Waals surface area contributed by atoms with Crippen molar-refractivity contribution in [2.75, 3.05) is 11.5 Å². The molecule has 4 rings (SSSR count). The van der Waals surface area contributed by atoms with Crippen LogP contribution in [-0.2, 0) is 0 Å². The second-order valence-corrected chi connectivity index (χ2v) is 6.47. The molecule has 0 saturated carbocycles. The minimum absolute atomic E-state index is 0.0833. The van der Waals surface area contributed by atoms with Crippen LogP contribution in [0, 0.1) is 6.92 Å². The van der Waals surface area contributed by atoms with Crippen LogP contribution in [0.25, 0.3) is 28.0 Å². The summed E-state index contributed by atoms with van der Waals surface area (Å²) < 4.78 is 1.67. The number of aromatic hydroxyl groups is 1. The minimum atomic E-state index is -0.681. The van der Waals surface area contributed by atoms with Crippen LogP contribution in [-0.4, -0.2) is 25.5 Å². The van der Waals surface area contributed by atoms with Gasteiger partial charge >= 0.3 is 0 Å². The van der Waals surface area contributed by atoms with Crippen LogP contribution in [0.1, 0.15) is 15.9 Å². The highest BCUT2D eigenvalue weighted by molar-refractivity contribution is 6.10. The number of aryl methyl sites for hydroxylation is 1. The van der Waals surface area contributed by atoms with Crippen LogP contribution < -0.4 is 17.2 Å². The van der Waals surface area contributed by atoms with Gasteiger partial charge in [0.1, 0.15) is 28.5 Å². The summed E-state index contributed by atoms with van der Waals surface area (Å²) in [5.74, 6) is -0.0344. The number of pyridine rings is 2. The molecule has 0 unspecified atom stereocenters. The molecule has 1 amide bonds. The van der Waals surface area contributed by atoms with Gasteiger partial charge in [0.15, 0.2) is 0 Å². The summed E-state index contributed by atoms with van der Waals surface area (Å²) in [7, 11) is 0. The number of nitrogens with two attached hydrogens (primary N) is 3. The Labute approximate surface area is 160 Å².